The highest BCUT2D eigenvalue weighted by atomic mass is 32.1. The van der Waals surface area contributed by atoms with Gasteiger partial charge >= 0.3 is 5.97 Å². The second kappa shape index (κ2) is 4.97. The van der Waals surface area contributed by atoms with E-state index in [1.54, 1.807) is 17.4 Å². The smallest absolute Gasteiger partial charge is 0.354 e. The molecule has 2 aromatic heterocycles. The van der Waals surface area contributed by atoms with Crippen molar-refractivity contribution in [2.45, 2.75) is 13.5 Å². The zero-order valence-electron chi connectivity index (χ0n) is 9.30. The first-order valence-electron chi connectivity index (χ1n) is 5.11. The minimum absolute atomic E-state index is 0.0528. The Morgan fingerprint density at radius 2 is 2.35 bits per heavy atom. The van der Waals surface area contributed by atoms with E-state index in [0.29, 0.717) is 6.54 Å². The summed E-state index contributed by atoms with van der Waals surface area (Å²) in [6, 6.07) is 3.29. The van der Waals surface area contributed by atoms with E-state index < -0.39 is 5.97 Å². The van der Waals surface area contributed by atoms with Crippen molar-refractivity contribution >= 4 is 23.0 Å². The van der Waals surface area contributed by atoms with Gasteiger partial charge in [0.25, 0.3) is 0 Å². The first-order valence-corrected chi connectivity index (χ1v) is 6.06. The molecule has 88 valence electrons. The van der Waals surface area contributed by atoms with E-state index >= 15 is 0 Å². The Morgan fingerprint density at radius 3 is 3.00 bits per heavy atom. The quantitative estimate of drug-likeness (QED) is 0.873. The molecule has 0 fully saturated rings. The number of aryl methyl sites for hydroxylation is 1. The Bertz CT molecular complexity index is 537. The van der Waals surface area contributed by atoms with Gasteiger partial charge in [0.2, 0.25) is 0 Å². The van der Waals surface area contributed by atoms with Crippen LogP contribution in [0.3, 0.4) is 0 Å². The van der Waals surface area contributed by atoms with Gasteiger partial charge in [0, 0.05) is 18.4 Å². The molecule has 0 spiro atoms. The van der Waals surface area contributed by atoms with E-state index in [0.717, 1.165) is 5.69 Å². The third-order valence-electron chi connectivity index (χ3n) is 2.42. The molecule has 2 heterocycles. The molecule has 0 atom stereocenters. The average molecular weight is 248 g/mol. The molecule has 5 heteroatoms. The molecule has 17 heavy (non-hydrogen) atoms. The van der Waals surface area contributed by atoms with Gasteiger partial charge in [-0.1, -0.05) is 0 Å². The summed E-state index contributed by atoms with van der Waals surface area (Å²) in [6.45, 7) is 2.75. The fourth-order valence-corrected chi connectivity index (χ4v) is 2.28. The number of nitrogens with zero attached hydrogens (tertiary/aromatic N) is 1. The van der Waals surface area contributed by atoms with E-state index in [1.165, 1.54) is 23.4 Å². The lowest BCUT2D eigenvalue weighted by atomic mass is 10.2. The molecule has 2 aromatic rings. The normalized spacial score (nSPS) is 10.2. The molecule has 0 unspecified atom stereocenters. The fraction of sp³-hybridized carbons (Fsp3) is 0.167. The van der Waals surface area contributed by atoms with Gasteiger partial charge in [0.05, 0.1) is 0 Å². The van der Waals surface area contributed by atoms with Crippen LogP contribution in [0.4, 0.5) is 5.69 Å². The number of nitrogens with one attached hydrogen (secondary N) is 1. The first-order chi connectivity index (χ1) is 8.16. The van der Waals surface area contributed by atoms with Crippen molar-refractivity contribution < 1.29 is 9.90 Å². The second-order valence-corrected chi connectivity index (χ2v) is 4.41. The number of carboxylic acids is 1. The highest BCUT2D eigenvalue weighted by Gasteiger charge is 2.05. The van der Waals surface area contributed by atoms with Crippen LogP contribution in [0, 0.1) is 6.92 Å². The van der Waals surface area contributed by atoms with Crippen molar-refractivity contribution in [3.8, 4) is 0 Å². The number of hydrogen-bond donors (Lipinski definition) is 2. The first kappa shape index (κ1) is 11.6. The minimum Gasteiger partial charge on any atom is -0.477 e. The third kappa shape index (κ3) is 2.82. The van der Waals surface area contributed by atoms with E-state index in [1.807, 2.05) is 0 Å². The van der Waals surface area contributed by atoms with Crippen molar-refractivity contribution in [3.05, 3.63) is 45.9 Å². The van der Waals surface area contributed by atoms with E-state index in [4.69, 9.17) is 5.11 Å². The molecular weight excluding hydrogens is 236 g/mol. The van der Waals surface area contributed by atoms with Gasteiger partial charge in [0.15, 0.2) is 0 Å². The monoisotopic (exact) mass is 248 g/mol. The van der Waals surface area contributed by atoms with Gasteiger partial charge in [0.1, 0.15) is 5.69 Å². The molecule has 0 aliphatic rings. The summed E-state index contributed by atoms with van der Waals surface area (Å²) in [5.74, 6) is -1.01. The lowest BCUT2D eigenvalue weighted by Gasteiger charge is -2.06. The number of carbonyl (C=O) groups is 1. The second-order valence-electron chi connectivity index (χ2n) is 3.67. The summed E-state index contributed by atoms with van der Waals surface area (Å²) in [5.41, 5.74) is 3.29. The summed E-state index contributed by atoms with van der Waals surface area (Å²) >= 11 is 1.66. The summed E-state index contributed by atoms with van der Waals surface area (Å²) in [5, 5.41) is 16.2. The summed E-state index contributed by atoms with van der Waals surface area (Å²) in [4.78, 5) is 14.5. The number of pyridine rings is 1. The molecule has 0 radical (unpaired) electrons. The van der Waals surface area contributed by atoms with Crippen molar-refractivity contribution in [1.29, 1.82) is 0 Å². The van der Waals surface area contributed by atoms with Crippen LogP contribution >= 0.6 is 11.3 Å². The summed E-state index contributed by atoms with van der Waals surface area (Å²) in [6.07, 6.45) is 1.49. The topological polar surface area (TPSA) is 62.2 Å². The van der Waals surface area contributed by atoms with Gasteiger partial charge in [-0.15, -0.1) is 0 Å². The Morgan fingerprint density at radius 1 is 1.53 bits per heavy atom. The molecule has 0 saturated heterocycles. The number of thiophene rings is 1. The van der Waals surface area contributed by atoms with E-state index in [9.17, 15) is 4.79 Å². The highest BCUT2D eigenvalue weighted by Crippen LogP contribution is 2.16. The molecule has 2 rings (SSSR count). The third-order valence-corrected chi connectivity index (χ3v) is 3.33. The molecule has 0 saturated carbocycles. The van der Waals surface area contributed by atoms with Gasteiger partial charge < -0.3 is 10.4 Å². The number of hydrogen-bond acceptors (Lipinski definition) is 4. The maximum absolute atomic E-state index is 10.8. The van der Waals surface area contributed by atoms with Gasteiger partial charge in [-0.25, -0.2) is 9.78 Å². The fourth-order valence-electron chi connectivity index (χ4n) is 1.42. The standard InChI is InChI=1S/C12H12N2O2S/c1-8-6-17-7-9(8)5-14-10-2-3-13-11(4-10)12(15)16/h2-4,6-7H,5H2,1H3,(H,13,14)(H,15,16). The van der Waals surface area contributed by atoms with Crippen molar-refractivity contribution in [3.63, 3.8) is 0 Å². The Labute approximate surface area is 103 Å². The van der Waals surface area contributed by atoms with Crippen molar-refractivity contribution in [2.75, 3.05) is 5.32 Å². The van der Waals surface area contributed by atoms with Gasteiger partial charge in [-0.2, -0.15) is 11.3 Å². The SMILES string of the molecule is Cc1cscc1CNc1ccnc(C(=O)O)c1. The number of aromatic nitrogens is 1. The highest BCUT2D eigenvalue weighted by molar-refractivity contribution is 7.08. The Kier molecular flexibility index (Phi) is 3.39. The van der Waals surface area contributed by atoms with Gasteiger partial charge in [-0.05, 0) is 40.9 Å². The molecule has 0 bridgehead atoms. The van der Waals surface area contributed by atoms with Crippen LogP contribution in [0.2, 0.25) is 0 Å². The predicted octanol–water partition coefficient (Wildman–Crippen LogP) is 2.76. The molecule has 4 nitrogen and oxygen atoms in total. The van der Waals surface area contributed by atoms with E-state index in [2.05, 4.69) is 28.0 Å². The molecule has 0 amide bonds. The number of aromatic carboxylic acids is 1. The maximum Gasteiger partial charge on any atom is 0.354 e. The summed E-state index contributed by atoms with van der Waals surface area (Å²) < 4.78 is 0. The minimum atomic E-state index is -1.01. The van der Waals surface area contributed by atoms with Crippen molar-refractivity contribution in [2.24, 2.45) is 0 Å². The number of carboxylic acid groups (broad SMARTS) is 1. The largest absolute Gasteiger partial charge is 0.477 e. The van der Waals surface area contributed by atoms with Crippen LogP contribution in [-0.4, -0.2) is 16.1 Å². The number of rotatable bonds is 4. The lowest BCUT2D eigenvalue weighted by Crippen LogP contribution is -2.03. The molecule has 0 aliphatic carbocycles. The zero-order valence-corrected chi connectivity index (χ0v) is 10.1. The van der Waals surface area contributed by atoms with Crippen LogP contribution in [0.25, 0.3) is 0 Å². The molecule has 0 aromatic carbocycles. The van der Waals surface area contributed by atoms with Crippen LogP contribution in [0.5, 0.6) is 0 Å². The summed E-state index contributed by atoms with van der Waals surface area (Å²) in [7, 11) is 0. The number of anilines is 1. The Hall–Kier alpha value is -1.88. The van der Waals surface area contributed by atoms with Crippen molar-refractivity contribution in [1.82, 2.24) is 4.98 Å². The zero-order chi connectivity index (χ0) is 12.3. The predicted molar refractivity (Wildman–Crippen MR) is 67.6 cm³/mol. The van der Waals surface area contributed by atoms with Crippen LogP contribution in [0.1, 0.15) is 21.6 Å². The molecule has 0 aliphatic heterocycles. The van der Waals surface area contributed by atoms with Crippen LogP contribution < -0.4 is 5.32 Å². The lowest BCUT2D eigenvalue weighted by molar-refractivity contribution is 0.0690. The average Bonchev–Trinajstić information content (AvgIpc) is 2.72. The maximum atomic E-state index is 10.8. The Balaban J connectivity index is 2.07. The van der Waals surface area contributed by atoms with E-state index in [-0.39, 0.29) is 5.69 Å². The van der Waals surface area contributed by atoms with Crippen LogP contribution in [0.15, 0.2) is 29.1 Å². The van der Waals surface area contributed by atoms with Crippen LogP contribution in [-0.2, 0) is 6.54 Å². The molecular formula is C12H12N2O2S. The van der Waals surface area contributed by atoms with Gasteiger partial charge in [-0.3, -0.25) is 0 Å². The molecule has 2 N–H and O–H groups in total.